The van der Waals surface area contributed by atoms with Crippen LogP contribution in [0.4, 0.5) is 5.82 Å². The van der Waals surface area contributed by atoms with E-state index in [9.17, 15) is 5.11 Å². The zero-order valence-electron chi connectivity index (χ0n) is 12.9. The summed E-state index contributed by atoms with van der Waals surface area (Å²) in [6.07, 6.45) is 2.23. The molecule has 3 unspecified atom stereocenters. The van der Waals surface area contributed by atoms with Gasteiger partial charge in [-0.2, -0.15) is 0 Å². The van der Waals surface area contributed by atoms with Gasteiger partial charge >= 0.3 is 0 Å². The second-order valence-corrected chi connectivity index (χ2v) is 6.29. The number of hydrogen-bond donors (Lipinski definition) is 2. The van der Waals surface area contributed by atoms with Crippen LogP contribution in [-0.2, 0) is 14.2 Å². The summed E-state index contributed by atoms with van der Waals surface area (Å²) in [5.41, 5.74) is 6.91. The molecule has 0 aliphatic carbocycles. The van der Waals surface area contributed by atoms with Crippen LogP contribution in [0.2, 0.25) is 0 Å². The third kappa shape index (κ3) is 2.36. The van der Waals surface area contributed by atoms with Gasteiger partial charge in [-0.15, -0.1) is 0 Å². The molecule has 0 spiro atoms. The van der Waals surface area contributed by atoms with Crippen LogP contribution in [0.1, 0.15) is 26.5 Å². The molecule has 2 aliphatic rings. The molecule has 2 aliphatic heterocycles. The molecule has 0 saturated carbocycles. The Morgan fingerprint density at radius 1 is 1.35 bits per heavy atom. The number of aliphatic hydroxyl groups is 1. The predicted octanol–water partition coefficient (Wildman–Crippen LogP) is 0.208. The standard InChI is InChI=1S/C14H19N5O4/c1-14(2)22-8-3-7(4-20)21-13(10(8)23-14)19-6-18-9-11(15)16-5-17-12(9)19/h5-8,10,13,20H,3-4H2,1-2H3,(H2,15,16,17)/t7-,8?,10?,13?/m1/s1. The molecule has 4 atom stereocenters. The highest BCUT2D eigenvalue weighted by Crippen LogP contribution is 2.41. The Bertz CT molecular complexity index is 733. The minimum atomic E-state index is -0.703. The molecule has 2 fully saturated rings. The van der Waals surface area contributed by atoms with Crippen molar-refractivity contribution in [2.45, 2.75) is 50.6 Å². The smallest absolute Gasteiger partial charge is 0.167 e. The van der Waals surface area contributed by atoms with Gasteiger partial charge in [0.05, 0.1) is 25.1 Å². The number of aromatic nitrogens is 4. The highest BCUT2D eigenvalue weighted by atomic mass is 16.8. The Kier molecular flexibility index (Phi) is 3.27. The van der Waals surface area contributed by atoms with E-state index in [4.69, 9.17) is 19.9 Å². The van der Waals surface area contributed by atoms with Gasteiger partial charge in [-0.25, -0.2) is 15.0 Å². The number of nitrogens with two attached hydrogens (primary N) is 1. The van der Waals surface area contributed by atoms with Crippen LogP contribution >= 0.6 is 0 Å². The Hall–Kier alpha value is -1.81. The van der Waals surface area contributed by atoms with Crippen molar-refractivity contribution in [3.05, 3.63) is 12.7 Å². The maximum absolute atomic E-state index is 9.52. The number of nitrogens with zero attached hydrogens (tertiary/aromatic N) is 4. The fourth-order valence-electron chi connectivity index (χ4n) is 3.27. The molecule has 124 valence electrons. The van der Waals surface area contributed by atoms with Crippen LogP contribution in [0.15, 0.2) is 12.7 Å². The fourth-order valence-corrected chi connectivity index (χ4v) is 3.27. The molecule has 9 nitrogen and oxygen atoms in total. The van der Waals surface area contributed by atoms with Crippen molar-refractivity contribution in [2.24, 2.45) is 0 Å². The SMILES string of the molecule is CC1(C)OC2C[C@H](CO)OC(n3cnc4c(N)ncnc43)C2O1. The summed E-state index contributed by atoms with van der Waals surface area (Å²) < 4.78 is 19.7. The van der Waals surface area contributed by atoms with Gasteiger partial charge < -0.3 is 25.1 Å². The zero-order valence-corrected chi connectivity index (χ0v) is 12.9. The molecule has 9 heteroatoms. The molecule has 4 heterocycles. The van der Waals surface area contributed by atoms with Crippen molar-refractivity contribution >= 4 is 17.0 Å². The topological polar surface area (TPSA) is 118 Å². The van der Waals surface area contributed by atoms with Crippen LogP contribution in [0.3, 0.4) is 0 Å². The molecule has 0 amide bonds. The summed E-state index contributed by atoms with van der Waals surface area (Å²) in [4.78, 5) is 12.5. The largest absolute Gasteiger partial charge is 0.394 e. The van der Waals surface area contributed by atoms with Crippen LogP contribution < -0.4 is 5.73 Å². The molecule has 0 bridgehead atoms. The van der Waals surface area contributed by atoms with E-state index in [0.717, 1.165) is 0 Å². The highest BCUT2D eigenvalue weighted by Gasteiger charge is 2.51. The molecule has 0 radical (unpaired) electrons. The van der Waals surface area contributed by atoms with Crippen molar-refractivity contribution in [3.63, 3.8) is 0 Å². The normalized spacial score (nSPS) is 33.0. The Labute approximate surface area is 132 Å². The number of anilines is 1. The number of aliphatic hydroxyl groups excluding tert-OH is 1. The number of imidazole rings is 1. The van der Waals surface area contributed by atoms with Crippen LogP contribution in [0, 0.1) is 0 Å². The zero-order chi connectivity index (χ0) is 16.2. The van der Waals surface area contributed by atoms with Gasteiger partial charge in [-0.1, -0.05) is 0 Å². The van der Waals surface area contributed by atoms with E-state index in [0.29, 0.717) is 23.4 Å². The van der Waals surface area contributed by atoms with Gasteiger partial charge in [0.15, 0.2) is 23.5 Å². The lowest BCUT2D eigenvalue weighted by Gasteiger charge is -2.36. The van der Waals surface area contributed by atoms with Crippen LogP contribution in [-0.4, -0.2) is 55.3 Å². The lowest BCUT2D eigenvalue weighted by molar-refractivity contribution is -0.184. The molecular formula is C14H19N5O4. The first-order valence-corrected chi connectivity index (χ1v) is 7.53. The summed E-state index contributed by atoms with van der Waals surface area (Å²) in [7, 11) is 0. The van der Waals surface area contributed by atoms with E-state index in [2.05, 4.69) is 15.0 Å². The number of rotatable bonds is 2. The molecule has 23 heavy (non-hydrogen) atoms. The average Bonchev–Trinajstić information content (AvgIpc) is 3.06. The van der Waals surface area contributed by atoms with E-state index in [-0.39, 0.29) is 24.9 Å². The number of nitrogen functional groups attached to an aromatic ring is 1. The summed E-state index contributed by atoms with van der Waals surface area (Å²) in [6.45, 7) is 3.64. The molecule has 2 aromatic rings. The van der Waals surface area contributed by atoms with Crippen LogP contribution in [0.25, 0.3) is 11.2 Å². The maximum atomic E-state index is 9.52. The number of ether oxygens (including phenoxy) is 3. The molecular weight excluding hydrogens is 302 g/mol. The predicted molar refractivity (Wildman–Crippen MR) is 79.2 cm³/mol. The Morgan fingerprint density at radius 3 is 2.96 bits per heavy atom. The summed E-state index contributed by atoms with van der Waals surface area (Å²) in [6, 6.07) is 0. The van der Waals surface area contributed by atoms with Crippen molar-refractivity contribution in [2.75, 3.05) is 12.3 Å². The maximum Gasteiger partial charge on any atom is 0.167 e. The minimum absolute atomic E-state index is 0.0900. The van der Waals surface area contributed by atoms with E-state index in [1.54, 1.807) is 10.9 Å². The van der Waals surface area contributed by atoms with Gasteiger partial charge in [0.2, 0.25) is 0 Å². The summed E-state index contributed by atoms with van der Waals surface area (Å²) >= 11 is 0. The highest BCUT2D eigenvalue weighted by molar-refractivity contribution is 5.81. The van der Waals surface area contributed by atoms with Gasteiger partial charge in [0.1, 0.15) is 17.9 Å². The first-order valence-electron chi connectivity index (χ1n) is 7.53. The van der Waals surface area contributed by atoms with Crippen molar-refractivity contribution in [3.8, 4) is 0 Å². The quantitative estimate of drug-likeness (QED) is 0.806. The van der Waals surface area contributed by atoms with Crippen molar-refractivity contribution < 1.29 is 19.3 Å². The van der Waals surface area contributed by atoms with Crippen molar-refractivity contribution in [1.29, 1.82) is 0 Å². The van der Waals surface area contributed by atoms with Gasteiger partial charge in [0, 0.05) is 6.42 Å². The summed E-state index contributed by atoms with van der Waals surface area (Å²) in [5, 5.41) is 9.52. The minimum Gasteiger partial charge on any atom is -0.394 e. The Morgan fingerprint density at radius 2 is 2.17 bits per heavy atom. The molecule has 2 saturated heterocycles. The number of hydrogen-bond acceptors (Lipinski definition) is 8. The van der Waals surface area contributed by atoms with Crippen LogP contribution in [0.5, 0.6) is 0 Å². The van der Waals surface area contributed by atoms with E-state index < -0.39 is 12.0 Å². The second kappa shape index (κ2) is 5.10. The van der Waals surface area contributed by atoms with Gasteiger partial charge in [-0.05, 0) is 13.8 Å². The van der Waals surface area contributed by atoms with Gasteiger partial charge in [0.25, 0.3) is 0 Å². The fraction of sp³-hybridized carbons (Fsp3) is 0.643. The second-order valence-electron chi connectivity index (χ2n) is 6.29. The lowest BCUT2D eigenvalue weighted by Crippen LogP contribution is -2.45. The molecule has 0 aromatic carbocycles. The van der Waals surface area contributed by atoms with E-state index >= 15 is 0 Å². The van der Waals surface area contributed by atoms with Crippen molar-refractivity contribution in [1.82, 2.24) is 19.5 Å². The molecule has 4 rings (SSSR count). The monoisotopic (exact) mass is 321 g/mol. The van der Waals surface area contributed by atoms with Gasteiger partial charge in [-0.3, -0.25) is 4.57 Å². The molecule has 2 aromatic heterocycles. The Balaban J connectivity index is 1.77. The third-order valence-corrected chi connectivity index (χ3v) is 4.19. The van der Waals surface area contributed by atoms with E-state index in [1.165, 1.54) is 6.33 Å². The molecule has 3 N–H and O–H groups in total. The summed E-state index contributed by atoms with van der Waals surface area (Å²) in [5.74, 6) is -0.394. The first kappa shape index (κ1) is 14.8. The lowest BCUT2D eigenvalue weighted by atomic mass is 10.0. The van der Waals surface area contributed by atoms with E-state index in [1.807, 2.05) is 13.8 Å². The average molecular weight is 321 g/mol. The first-order chi connectivity index (χ1) is 11.0. The number of fused-ring (bicyclic) bond motifs is 2. The third-order valence-electron chi connectivity index (χ3n) is 4.19.